The van der Waals surface area contributed by atoms with Crippen molar-refractivity contribution >= 4 is 22.8 Å². The van der Waals surface area contributed by atoms with Gasteiger partial charge in [0.1, 0.15) is 17.1 Å². The molecule has 0 amide bonds. The normalized spacial score (nSPS) is 22.4. The van der Waals surface area contributed by atoms with E-state index in [0.29, 0.717) is 24.3 Å². The molecule has 0 bridgehead atoms. The van der Waals surface area contributed by atoms with Gasteiger partial charge in [0.05, 0.1) is 23.3 Å². The molecule has 2 N–H and O–H groups in total. The van der Waals surface area contributed by atoms with Crippen molar-refractivity contribution < 1.29 is 19.4 Å². The maximum atomic E-state index is 13.2. The molecule has 6 nitrogen and oxygen atoms in total. The second-order valence-electron chi connectivity index (χ2n) is 7.21. The number of nitrogens with zero attached hydrogens (tertiary/aromatic N) is 3. The number of piperidine rings is 1. The monoisotopic (exact) mass is 381 g/mol. The number of benzene rings is 2. The van der Waals surface area contributed by atoms with Gasteiger partial charge in [0.25, 0.3) is 0 Å². The zero-order chi connectivity index (χ0) is 19.7. The van der Waals surface area contributed by atoms with E-state index in [2.05, 4.69) is 9.97 Å². The van der Waals surface area contributed by atoms with Crippen LogP contribution in [0.15, 0.2) is 54.7 Å². The Morgan fingerprint density at radius 3 is 2.61 bits per heavy atom. The number of fused-ring (bicyclic) bond motifs is 1. The van der Waals surface area contributed by atoms with E-state index in [1.54, 1.807) is 18.3 Å². The first kappa shape index (κ1) is 18.3. The number of aliphatic hydroxyl groups excluding tert-OH is 1. The van der Waals surface area contributed by atoms with Gasteiger partial charge in [0.15, 0.2) is 0 Å². The molecule has 1 aromatic heterocycles. The van der Waals surface area contributed by atoms with Crippen LogP contribution in [-0.4, -0.2) is 45.3 Å². The Kier molecular flexibility index (Phi) is 4.68. The van der Waals surface area contributed by atoms with Crippen LogP contribution in [0.2, 0.25) is 0 Å². The van der Waals surface area contributed by atoms with Crippen LogP contribution in [0, 0.1) is 11.2 Å². The van der Waals surface area contributed by atoms with Crippen LogP contribution in [0.25, 0.3) is 11.0 Å². The molecule has 3 aromatic rings. The number of halogens is 1. The summed E-state index contributed by atoms with van der Waals surface area (Å²) in [5.41, 5.74) is 0.739. The summed E-state index contributed by atoms with van der Waals surface area (Å²) in [5, 5.41) is 20.6. The highest BCUT2D eigenvalue weighted by Crippen LogP contribution is 2.36. The van der Waals surface area contributed by atoms with Crippen molar-refractivity contribution in [1.82, 2.24) is 9.97 Å². The topological polar surface area (TPSA) is 86.5 Å². The third-order valence-corrected chi connectivity index (χ3v) is 5.40. The third-order valence-electron chi connectivity index (χ3n) is 5.40. The molecule has 1 aliphatic heterocycles. The van der Waals surface area contributed by atoms with Gasteiger partial charge in [-0.25, -0.2) is 9.37 Å². The van der Waals surface area contributed by atoms with Crippen LogP contribution in [0.5, 0.6) is 0 Å². The molecule has 0 aliphatic carbocycles. The van der Waals surface area contributed by atoms with Crippen LogP contribution in [-0.2, 0) is 11.2 Å². The average Bonchev–Trinajstić information content (AvgIpc) is 2.71. The molecular formula is C21H20FN3O3. The third kappa shape index (κ3) is 3.29. The van der Waals surface area contributed by atoms with Crippen molar-refractivity contribution in [3.63, 3.8) is 0 Å². The van der Waals surface area contributed by atoms with Crippen molar-refractivity contribution in [3.05, 3.63) is 66.1 Å². The maximum Gasteiger partial charge on any atom is 0.314 e. The highest BCUT2D eigenvalue weighted by Gasteiger charge is 2.49. The largest absolute Gasteiger partial charge is 0.481 e. The number of carbonyl (C=O) groups is 1. The highest BCUT2D eigenvalue weighted by atomic mass is 19.1. The van der Waals surface area contributed by atoms with E-state index in [0.717, 1.165) is 11.0 Å². The zero-order valence-corrected chi connectivity index (χ0v) is 15.1. The number of aliphatic hydroxyl groups is 1. The molecule has 2 atom stereocenters. The molecule has 0 radical (unpaired) electrons. The summed E-state index contributed by atoms with van der Waals surface area (Å²) in [5.74, 6) is -0.886. The Labute approximate surface area is 161 Å². The Balaban J connectivity index is 1.67. The van der Waals surface area contributed by atoms with Gasteiger partial charge in [-0.1, -0.05) is 24.3 Å². The van der Waals surface area contributed by atoms with E-state index < -0.39 is 17.5 Å². The lowest BCUT2D eigenvalue weighted by atomic mass is 9.73. The van der Waals surface area contributed by atoms with Crippen LogP contribution in [0.4, 0.5) is 10.2 Å². The van der Waals surface area contributed by atoms with Crippen molar-refractivity contribution in [2.24, 2.45) is 5.41 Å². The minimum Gasteiger partial charge on any atom is -0.481 e. The molecule has 4 rings (SSSR count). The first-order chi connectivity index (χ1) is 13.5. The van der Waals surface area contributed by atoms with Gasteiger partial charge >= 0.3 is 5.97 Å². The summed E-state index contributed by atoms with van der Waals surface area (Å²) in [4.78, 5) is 23.1. The minimum atomic E-state index is -1.41. The lowest BCUT2D eigenvalue weighted by Crippen LogP contribution is -2.57. The summed E-state index contributed by atoms with van der Waals surface area (Å²) in [6.07, 6.45) is 1.01. The molecular weight excluding hydrogens is 361 g/mol. The van der Waals surface area contributed by atoms with Gasteiger partial charge in [-0.2, -0.15) is 0 Å². The summed E-state index contributed by atoms with van der Waals surface area (Å²) in [7, 11) is 0. The molecule has 1 fully saturated rings. The number of aromatic nitrogens is 2. The fraction of sp³-hybridized carbons (Fsp3) is 0.286. The van der Waals surface area contributed by atoms with Gasteiger partial charge < -0.3 is 15.1 Å². The fourth-order valence-corrected chi connectivity index (χ4v) is 3.80. The van der Waals surface area contributed by atoms with E-state index >= 15 is 0 Å². The molecule has 144 valence electrons. The van der Waals surface area contributed by atoms with Crippen molar-refractivity contribution in [2.75, 3.05) is 18.0 Å². The number of para-hydroxylation sites is 2. The predicted octanol–water partition coefficient (Wildman–Crippen LogP) is 2.65. The van der Waals surface area contributed by atoms with Crippen LogP contribution in [0.1, 0.15) is 12.0 Å². The van der Waals surface area contributed by atoms with E-state index in [4.69, 9.17) is 0 Å². The number of anilines is 1. The number of carboxylic acid groups (broad SMARTS) is 1. The van der Waals surface area contributed by atoms with E-state index in [1.807, 2.05) is 29.2 Å². The van der Waals surface area contributed by atoms with E-state index in [9.17, 15) is 19.4 Å². The summed E-state index contributed by atoms with van der Waals surface area (Å²) in [6.45, 7) is 0.570. The Morgan fingerprint density at radius 2 is 1.89 bits per heavy atom. The molecule has 0 spiro atoms. The first-order valence-corrected chi connectivity index (χ1v) is 9.10. The minimum absolute atomic E-state index is 0.0912. The van der Waals surface area contributed by atoms with E-state index in [-0.39, 0.29) is 18.8 Å². The van der Waals surface area contributed by atoms with Crippen LogP contribution >= 0.6 is 0 Å². The number of aliphatic carboxylic acids is 1. The lowest BCUT2D eigenvalue weighted by Gasteiger charge is -2.43. The second kappa shape index (κ2) is 7.16. The molecule has 1 aliphatic rings. The Bertz CT molecular complexity index is 1010. The summed E-state index contributed by atoms with van der Waals surface area (Å²) >= 11 is 0. The Morgan fingerprint density at radius 1 is 1.18 bits per heavy atom. The smallest absolute Gasteiger partial charge is 0.314 e. The van der Waals surface area contributed by atoms with Crippen molar-refractivity contribution in [1.29, 1.82) is 0 Å². The zero-order valence-electron chi connectivity index (χ0n) is 15.1. The van der Waals surface area contributed by atoms with Gasteiger partial charge in [0, 0.05) is 13.1 Å². The molecule has 0 unspecified atom stereocenters. The predicted molar refractivity (Wildman–Crippen MR) is 103 cm³/mol. The SMILES string of the molecule is O=C(O)[C@]1(Cc2ccc(F)cc2)CN(c2cnc3ccccc3n2)CC[C@H]1O. The quantitative estimate of drug-likeness (QED) is 0.723. The van der Waals surface area contributed by atoms with E-state index in [1.165, 1.54) is 12.1 Å². The second-order valence-corrected chi connectivity index (χ2v) is 7.21. The molecule has 7 heteroatoms. The number of carboxylic acids is 1. The number of rotatable bonds is 4. The van der Waals surface area contributed by atoms with Crippen molar-refractivity contribution in [3.8, 4) is 0 Å². The van der Waals surface area contributed by atoms with Gasteiger partial charge in [0.2, 0.25) is 0 Å². The maximum absolute atomic E-state index is 13.2. The highest BCUT2D eigenvalue weighted by molar-refractivity contribution is 5.78. The van der Waals surface area contributed by atoms with Gasteiger partial charge in [-0.05, 0) is 42.7 Å². The molecule has 1 saturated heterocycles. The van der Waals surface area contributed by atoms with Crippen LogP contribution < -0.4 is 4.90 Å². The Hall–Kier alpha value is -3.06. The molecule has 28 heavy (non-hydrogen) atoms. The first-order valence-electron chi connectivity index (χ1n) is 9.10. The average molecular weight is 381 g/mol. The number of hydrogen-bond acceptors (Lipinski definition) is 5. The fourth-order valence-electron chi connectivity index (χ4n) is 3.80. The standard InChI is InChI=1S/C21H20FN3O3/c22-15-7-5-14(6-8-15)11-21(20(27)28)13-25(10-9-18(21)26)19-12-23-16-3-1-2-4-17(16)24-19/h1-8,12,18,26H,9-11,13H2,(H,27,28)/t18-,21-/m1/s1. The molecule has 0 saturated carbocycles. The number of hydrogen-bond donors (Lipinski definition) is 2. The molecule has 2 aromatic carbocycles. The van der Waals surface area contributed by atoms with Gasteiger partial charge in [-0.3, -0.25) is 9.78 Å². The summed E-state index contributed by atoms with van der Waals surface area (Å²) < 4.78 is 13.2. The van der Waals surface area contributed by atoms with Crippen molar-refractivity contribution in [2.45, 2.75) is 18.9 Å². The van der Waals surface area contributed by atoms with Crippen LogP contribution in [0.3, 0.4) is 0 Å². The summed E-state index contributed by atoms with van der Waals surface area (Å²) in [6, 6.07) is 13.2. The van der Waals surface area contributed by atoms with Gasteiger partial charge in [-0.15, -0.1) is 0 Å². The lowest BCUT2D eigenvalue weighted by molar-refractivity contribution is -0.157. The molecule has 2 heterocycles.